The van der Waals surface area contributed by atoms with Crippen LogP contribution in [0.2, 0.25) is 0 Å². The molecular weight excluding hydrogens is 509 g/mol. The number of amides is 2. The molecule has 0 fully saturated rings. The Hall–Kier alpha value is -4.98. The van der Waals surface area contributed by atoms with Gasteiger partial charge in [-0.1, -0.05) is 42.0 Å². The molecule has 8 heteroatoms. The van der Waals surface area contributed by atoms with Gasteiger partial charge in [0.05, 0.1) is 17.3 Å². The van der Waals surface area contributed by atoms with Crippen LogP contribution >= 0.6 is 0 Å². The van der Waals surface area contributed by atoms with Crippen LogP contribution in [0.5, 0.6) is 5.75 Å². The van der Waals surface area contributed by atoms with Gasteiger partial charge in [-0.3, -0.25) is 14.5 Å². The van der Waals surface area contributed by atoms with E-state index in [0.717, 1.165) is 16.7 Å². The van der Waals surface area contributed by atoms with E-state index in [1.54, 1.807) is 42.3 Å². The first-order chi connectivity index (χ1) is 19.3. The molecule has 40 heavy (non-hydrogen) atoms. The number of aryl methyl sites for hydroxylation is 1. The average Bonchev–Trinajstić information content (AvgIpc) is 3.36. The van der Waals surface area contributed by atoms with Crippen molar-refractivity contribution in [3.05, 3.63) is 107 Å². The molecule has 7 nitrogen and oxygen atoms in total. The largest absolute Gasteiger partial charge is 0.471 e. The SMILES string of the molecule is CNC(=O)c1c(-c2ccc(C)cc2)oc2ccc(-c3ccc4c(n3)C(=O)N([C@H](C)c3ccc(F)cc3)CO4)cc12. The van der Waals surface area contributed by atoms with Crippen molar-refractivity contribution in [2.24, 2.45) is 0 Å². The molecule has 3 heterocycles. The Labute approximate surface area is 230 Å². The summed E-state index contributed by atoms with van der Waals surface area (Å²) in [5.74, 6) is -0.00261. The fourth-order valence-electron chi connectivity index (χ4n) is 4.94. The molecule has 1 aliphatic heterocycles. The van der Waals surface area contributed by atoms with Gasteiger partial charge in [0.2, 0.25) is 0 Å². The number of ether oxygens (including phenoxy) is 1. The number of fused-ring (bicyclic) bond motifs is 2. The van der Waals surface area contributed by atoms with Gasteiger partial charge in [0, 0.05) is 23.6 Å². The highest BCUT2D eigenvalue weighted by atomic mass is 19.1. The standard InChI is InChI=1S/C32H26FN3O4/c1-18-4-6-21(7-5-18)30-28(31(37)34-3)24-16-22(10-14-26(24)40-30)25-13-15-27-29(35-25)32(38)36(17-39-27)19(2)20-8-11-23(33)12-9-20/h4-16,19H,17H2,1-3H3,(H,34,37)/t19-/m1/s1. The van der Waals surface area contributed by atoms with Crippen LogP contribution in [0.3, 0.4) is 0 Å². The number of hydrogen-bond acceptors (Lipinski definition) is 5. The fourth-order valence-corrected chi connectivity index (χ4v) is 4.94. The highest BCUT2D eigenvalue weighted by Crippen LogP contribution is 2.37. The van der Waals surface area contributed by atoms with E-state index in [1.807, 2.05) is 50.2 Å². The Balaban J connectivity index is 1.39. The van der Waals surface area contributed by atoms with E-state index in [2.05, 4.69) is 10.3 Å². The second-order valence-electron chi connectivity index (χ2n) is 9.78. The van der Waals surface area contributed by atoms with Gasteiger partial charge in [-0.15, -0.1) is 0 Å². The lowest BCUT2D eigenvalue weighted by molar-refractivity contribution is 0.0394. The third-order valence-corrected chi connectivity index (χ3v) is 7.25. The maximum atomic E-state index is 13.5. The predicted octanol–water partition coefficient (Wildman–Crippen LogP) is 6.52. The highest BCUT2D eigenvalue weighted by molar-refractivity contribution is 6.11. The zero-order valence-electron chi connectivity index (χ0n) is 22.2. The van der Waals surface area contributed by atoms with Crippen LogP contribution in [-0.2, 0) is 0 Å². The molecule has 0 spiro atoms. The Morgan fingerprint density at radius 3 is 2.45 bits per heavy atom. The third-order valence-electron chi connectivity index (χ3n) is 7.25. The summed E-state index contributed by atoms with van der Waals surface area (Å²) < 4.78 is 25.4. The van der Waals surface area contributed by atoms with E-state index in [9.17, 15) is 14.0 Å². The number of furan rings is 1. The summed E-state index contributed by atoms with van der Waals surface area (Å²) >= 11 is 0. The van der Waals surface area contributed by atoms with Crippen LogP contribution in [0.15, 0.2) is 83.3 Å². The lowest BCUT2D eigenvalue weighted by Gasteiger charge is -2.33. The number of benzene rings is 3. The van der Waals surface area contributed by atoms with Crippen molar-refractivity contribution < 1.29 is 23.1 Å². The first-order valence-corrected chi connectivity index (χ1v) is 12.9. The zero-order valence-corrected chi connectivity index (χ0v) is 22.2. The molecule has 2 amide bonds. The molecule has 1 aliphatic rings. The fraction of sp³-hybridized carbons (Fsp3) is 0.156. The summed E-state index contributed by atoms with van der Waals surface area (Å²) in [5, 5.41) is 3.36. The number of carbonyl (C=O) groups excluding carboxylic acids is 2. The summed E-state index contributed by atoms with van der Waals surface area (Å²) in [6.45, 7) is 3.92. The molecule has 0 bridgehead atoms. The smallest absolute Gasteiger partial charge is 0.279 e. The molecule has 2 aromatic heterocycles. The minimum absolute atomic E-state index is 0.0592. The Morgan fingerprint density at radius 2 is 1.73 bits per heavy atom. The van der Waals surface area contributed by atoms with Crippen molar-refractivity contribution in [1.82, 2.24) is 15.2 Å². The number of aromatic nitrogens is 1. The van der Waals surface area contributed by atoms with E-state index in [0.29, 0.717) is 39.3 Å². The van der Waals surface area contributed by atoms with Gasteiger partial charge in [-0.25, -0.2) is 9.37 Å². The van der Waals surface area contributed by atoms with Crippen molar-refractivity contribution >= 4 is 22.8 Å². The van der Waals surface area contributed by atoms with Crippen molar-refractivity contribution in [1.29, 1.82) is 0 Å². The summed E-state index contributed by atoms with van der Waals surface area (Å²) in [5.41, 5.74) is 5.14. The van der Waals surface area contributed by atoms with Gasteiger partial charge < -0.3 is 14.5 Å². The molecular formula is C32H26FN3O4. The van der Waals surface area contributed by atoms with E-state index in [4.69, 9.17) is 9.15 Å². The third kappa shape index (κ3) is 4.37. The number of pyridine rings is 1. The normalized spacial score (nSPS) is 13.6. The van der Waals surface area contributed by atoms with Crippen molar-refractivity contribution in [3.63, 3.8) is 0 Å². The maximum Gasteiger partial charge on any atom is 0.279 e. The van der Waals surface area contributed by atoms with Crippen molar-refractivity contribution in [3.8, 4) is 28.3 Å². The van der Waals surface area contributed by atoms with Gasteiger partial charge in [-0.2, -0.15) is 0 Å². The first kappa shape index (κ1) is 25.3. The Kier molecular flexibility index (Phi) is 6.30. The second-order valence-corrected chi connectivity index (χ2v) is 9.78. The van der Waals surface area contributed by atoms with Crippen LogP contribution in [0.25, 0.3) is 33.6 Å². The summed E-state index contributed by atoms with van der Waals surface area (Å²) in [7, 11) is 1.58. The van der Waals surface area contributed by atoms with E-state index >= 15 is 0 Å². The predicted molar refractivity (Wildman–Crippen MR) is 149 cm³/mol. The van der Waals surface area contributed by atoms with Crippen LogP contribution in [0, 0.1) is 12.7 Å². The van der Waals surface area contributed by atoms with Crippen LogP contribution in [-0.4, -0.2) is 35.5 Å². The molecule has 200 valence electrons. The monoisotopic (exact) mass is 535 g/mol. The van der Waals surface area contributed by atoms with E-state index in [1.165, 1.54) is 12.1 Å². The molecule has 0 unspecified atom stereocenters. The lowest BCUT2D eigenvalue weighted by Crippen LogP contribution is -2.40. The number of hydrogen-bond donors (Lipinski definition) is 1. The molecule has 0 saturated heterocycles. The zero-order chi connectivity index (χ0) is 28.0. The van der Waals surface area contributed by atoms with Crippen LogP contribution in [0.1, 0.15) is 44.9 Å². The van der Waals surface area contributed by atoms with Crippen LogP contribution < -0.4 is 10.1 Å². The number of rotatable bonds is 5. The highest BCUT2D eigenvalue weighted by Gasteiger charge is 2.32. The molecule has 0 aliphatic carbocycles. The second kappa shape index (κ2) is 9.96. The van der Waals surface area contributed by atoms with E-state index in [-0.39, 0.29) is 36.1 Å². The molecule has 1 N–H and O–H groups in total. The van der Waals surface area contributed by atoms with Gasteiger partial charge in [-0.05, 0) is 61.9 Å². The van der Waals surface area contributed by atoms with Gasteiger partial charge in [0.15, 0.2) is 18.2 Å². The minimum atomic E-state index is -0.343. The van der Waals surface area contributed by atoms with Crippen molar-refractivity contribution in [2.45, 2.75) is 19.9 Å². The topological polar surface area (TPSA) is 84.7 Å². The summed E-state index contributed by atoms with van der Waals surface area (Å²) in [6.07, 6.45) is 0. The molecule has 0 radical (unpaired) electrons. The van der Waals surface area contributed by atoms with Gasteiger partial charge in [0.25, 0.3) is 11.8 Å². The first-order valence-electron chi connectivity index (χ1n) is 12.9. The molecule has 6 rings (SSSR count). The number of carbonyl (C=O) groups is 2. The summed E-state index contributed by atoms with van der Waals surface area (Å²) in [4.78, 5) is 32.7. The molecule has 3 aromatic carbocycles. The van der Waals surface area contributed by atoms with Gasteiger partial charge in [0.1, 0.15) is 17.2 Å². The van der Waals surface area contributed by atoms with E-state index < -0.39 is 0 Å². The number of nitrogens with one attached hydrogen (secondary N) is 1. The lowest BCUT2D eigenvalue weighted by atomic mass is 10.0. The number of nitrogens with zero attached hydrogens (tertiary/aromatic N) is 2. The molecule has 5 aromatic rings. The Bertz CT molecular complexity index is 1760. The molecule has 1 atom stereocenters. The van der Waals surface area contributed by atoms with Crippen LogP contribution in [0.4, 0.5) is 4.39 Å². The Morgan fingerprint density at radius 1 is 1.00 bits per heavy atom. The quantitative estimate of drug-likeness (QED) is 0.277. The summed E-state index contributed by atoms with van der Waals surface area (Å²) in [6, 6.07) is 22.5. The minimum Gasteiger partial charge on any atom is -0.471 e. The average molecular weight is 536 g/mol. The van der Waals surface area contributed by atoms with Crippen molar-refractivity contribution in [2.75, 3.05) is 13.8 Å². The molecule has 0 saturated carbocycles. The van der Waals surface area contributed by atoms with Gasteiger partial charge >= 0.3 is 0 Å². The maximum absolute atomic E-state index is 13.5. The number of halogens is 1.